The third-order valence-corrected chi connectivity index (χ3v) is 2.79. The average Bonchev–Trinajstić information content (AvgIpc) is 2.42. The van der Waals surface area contributed by atoms with Crippen molar-refractivity contribution in [3.8, 4) is 0 Å². The molecule has 0 aliphatic heterocycles. The topological polar surface area (TPSA) is 56.2 Å². The van der Waals surface area contributed by atoms with E-state index in [-0.39, 0.29) is 0 Å². The molecule has 0 aliphatic rings. The summed E-state index contributed by atoms with van der Waals surface area (Å²) in [5.41, 5.74) is 5.50. The van der Waals surface area contributed by atoms with Gasteiger partial charge in [0.15, 0.2) is 0 Å². The average molecular weight is 182 g/mol. The zero-order chi connectivity index (χ0) is 8.72. The van der Waals surface area contributed by atoms with Crippen LogP contribution in [0, 0.1) is 0 Å². The van der Waals surface area contributed by atoms with Crippen molar-refractivity contribution in [2.24, 2.45) is 0 Å². The van der Waals surface area contributed by atoms with E-state index in [0.29, 0.717) is 11.7 Å². The number of hydrogen-bond donors (Lipinski definition) is 1. The van der Waals surface area contributed by atoms with E-state index < -0.39 is 0 Å². The Bertz CT molecular complexity index is 369. The van der Waals surface area contributed by atoms with Gasteiger partial charge in [0.25, 0.3) is 0 Å². The van der Waals surface area contributed by atoms with Crippen LogP contribution in [-0.2, 0) is 0 Å². The van der Waals surface area contributed by atoms with Gasteiger partial charge in [0, 0.05) is 5.92 Å². The number of rotatable bonds is 1. The van der Waals surface area contributed by atoms with Crippen molar-refractivity contribution in [1.29, 1.82) is 0 Å². The number of hydrogen-bond acceptors (Lipinski definition) is 4. The number of nitrogen functional groups attached to an aromatic ring is 1. The molecule has 0 unspecified atom stereocenters. The van der Waals surface area contributed by atoms with Gasteiger partial charge in [-0.1, -0.05) is 25.2 Å². The predicted octanol–water partition coefficient (Wildman–Crippen LogP) is 1.50. The molecule has 0 fully saturated rings. The Hall–Kier alpha value is -1.10. The second-order valence-corrected chi connectivity index (χ2v) is 3.98. The minimum absolute atomic E-state index is 0.456. The molecule has 5 heteroatoms. The fourth-order valence-corrected chi connectivity index (χ4v) is 1.86. The molecule has 4 nitrogen and oxygen atoms in total. The molecule has 0 atom stereocenters. The van der Waals surface area contributed by atoms with Crippen LogP contribution in [0.15, 0.2) is 6.20 Å². The monoisotopic (exact) mass is 182 g/mol. The Kier molecular flexibility index (Phi) is 1.54. The Morgan fingerprint density at radius 3 is 2.92 bits per heavy atom. The van der Waals surface area contributed by atoms with Gasteiger partial charge in [-0.15, -0.1) is 0 Å². The third kappa shape index (κ3) is 1.06. The van der Waals surface area contributed by atoms with E-state index in [1.165, 1.54) is 0 Å². The number of nitrogens with zero attached hydrogens (tertiary/aromatic N) is 3. The van der Waals surface area contributed by atoms with Crippen molar-refractivity contribution in [3.05, 3.63) is 11.2 Å². The highest BCUT2D eigenvalue weighted by Gasteiger charge is 2.08. The number of fused-ring (bicyclic) bond motifs is 1. The summed E-state index contributed by atoms with van der Waals surface area (Å²) in [6.07, 6.45) is 1.73. The van der Waals surface area contributed by atoms with E-state index in [2.05, 4.69) is 23.9 Å². The third-order valence-electron chi connectivity index (χ3n) is 1.57. The Morgan fingerprint density at radius 2 is 2.33 bits per heavy atom. The highest BCUT2D eigenvalue weighted by molar-refractivity contribution is 7.16. The number of imidazole rings is 1. The molecule has 2 aromatic rings. The van der Waals surface area contributed by atoms with Crippen LogP contribution in [0.4, 0.5) is 5.82 Å². The van der Waals surface area contributed by atoms with Crippen molar-refractivity contribution in [3.63, 3.8) is 0 Å². The van der Waals surface area contributed by atoms with Crippen molar-refractivity contribution >= 4 is 22.1 Å². The highest BCUT2D eigenvalue weighted by Crippen LogP contribution is 2.21. The first-order valence-corrected chi connectivity index (χ1v) is 4.60. The maximum absolute atomic E-state index is 5.50. The lowest BCUT2D eigenvalue weighted by atomic mass is 10.2. The van der Waals surface area contributed by atoms with Crippen molar-refractivity contribution in [2.75, 3.05) is 5.73 Å². The number of anilines is 1. The van der Waals surface area contributed by atoms with Crippen LogP contribution in [0.1, 0.15) is 24.8 Å². The predicted molar refractivity (Wildman–Crippen MR) is 49.4 cm³/mol. The summed E-state index contributed by atoms with van der Waals surface area (Å²) in [6, 6.07) is 0. The molecule has 0 amide bonds. The zero-order valence-electron chi connectivity index (χ0n) is 6.98. The van der Waals surface area contributed by atoms with Gasteiger partial charge in [0.2, 0.25) is 4.96 Å². The molecule has 0 aromatic carbocycles. The SMILES string of the molecule is CC(C)c1nn2cc(N)nc2s1. The van der Waals surface area contributed by atoms with E-state index in [1.807, 2.05) is 0 Å². The van der Waals surface area contributed by atoms with Crippen LogP contribution in [0.5, 0.6) is 0 Å². The molecule has 0 aliphatic carbocycles. The van der Waals surface area contributed by atoms with Crippen LogP contribution < -0.4 is 5.73 Å². The van der Waals surface area contributed by atoms with E-state index in [0.717, 1.165) is 9.97 Å². The van der Waals surface area contributed by atoms with Gasteiger partial charge >= 0.3 is 0 Å². The smallest absolute Gasteiger partial charge is 0.214 e. The zero-order valence-corrected chi connectivity index (χ0v) is 7.80. The van der Waals surface area contributed by atoms with Crippen LogP contribution in [-0.4, -0.2) is 14.6 Å². The molecule has 0 bridgehead atoms. The lowest BCUT2D eigenvalue weighted by molar-refractivity contribution is 0.802. The Labute approximate surface area is 74.0 Å². The lowest BCUT2D eigenvalue weighted by Crippen LogP contribution is -1.88. The van der Waals surface area contributed by atoms with Crippen molar-refractivity contribution < 1.29 is 0 Å². The van der Waals surface area contributed by atoms with E-state index >= 15 is 0 Å². The number of aromatic nitrogens is 3. The quantitative estimate of drug-likeness (QED) is 0.727. The van der Waals surface area contributed by atoms with Crippen LogP contribution in [0.3, 0.4) is 0 Å². The molecule has 0 saturated carbocycles. The van der Waals surface area contributed by atoms with Gasteiger partial charge in [-0.05, 0) is 0 Å². The van der Waals surface area contributed by atoms with E-state index in [4.69, 9.17) is 5.73 Å². The molecular formula is C7H10N4S. The van der Waals surface area contributed by atoms with Crippen LogP contribution >= 0.6 is 11.3 Å². The first-order valence-electron chi connectivity index (χ1n) is 3.78. The van der Waals surface area contributed by atoms with Crippen molar-refractivity contribution in [2.45, 2.75) is 19.8 Å². The van der Waals surface area contributed by atoms with Crippen molar-refractivity contribution in [1.82, 2.24) is 14.6 Å². The van der Waals surface area contributed by atoms with E-state index in [1.54, 1.807) is 22.0 Å². The minimum atomic E-state index is 0.456. The van der Waals surface area contributed by atoms with Gasteiger partial charge in [0.05, 0.1) is 6.20 Å². The maximum Gasteiger partial charge on any atom is 0.214 e. The summed E-state index contributed by atoms with van der Waals surface area (Å²) in [5.74, 6) is 0.988. The molecule has 0 spiro atoms. The molecular weight excluding hydrogens is 172 g/mol. The van der Waals surface area contributed by atoms with Gasteiger partial charge in [-0.25, -0.2) is 9.50 Å². The summed E-state index contributed by atoms with van der Waals surface area (Å²) < 4.78 is 1.73. The molecule has 2 heterocycles. The minimum Gasteiger partial charge on any atom is -0.382 e. The summed E-state index contributed by atoms with van der Waals surface area (Å²) >= 11 is 1.59. The van der Waals surface area contributed by atoms with Gasteiger partial charge < -0.3 is 5.73 Å². The molecule has 2 aromatic heterocycles. The fourth-order valence-electron chi connectivity index (χ4n) is 0.966. The normalized spacial score (nSPS) is 11.6. The maximum atomic E-state index is 5.50. The van der Waals surface area contributed by atoms with Crippen LogP contribution in [0.2, 0.25) is 0 Å². The molecule has 0 saturated heterocycles. The first kappa shape index (κ1) is 7.54. The Morgan fingerprint density at radius 1 is 1.58 bits per heavy atom. The molecule has 0 radical (unpaired) electrons. The van der Waals surface area contributed by atoms with Gasteiger partial charge in [-0.2, -0.15) is 5.10 Å². The molecule has 2 N–H and O–H groups in total. The second-order valence-electron chi connectivity index (χ2n) is 2.99. The molecule has 2 rings (SSSR count). The molecule has 64 valence electrons. The summed E-state index contributed by atoms with van der Waals surface area (Å²) in [5, 5.41) is 5.42. The largest absolute Gasteiger partial charge is 0.382 e. The van der Waals surface area contributed by atoms with E-state index in [9.17, 15) is 0 Å². The summed E-state index contributed by atoms with van der Waals surface area (Å²) in [6.45, 7) is 4.23. The fraction of sp³-hybridized carbons (Fsp3) is 0.429. The van der Waals surface area contributed by atoms with Gasteiger partial charge in [-0.3, -0.25) is 0 Å². The Balaban J connectivity index is 2.57. The summed E-state index contributed by atoms with van der Waals surface area (Å²) in [7, 11) is 0. The molecule has 12 heavy (non-hydrogen) atoms. The first-order chi connectivity index (χ1) is 5.66. The summed E-state index contributed by atoms with van der Waals surface area (Å²) in [4.78, 5) is 4.98. The second kappa shape index (κ2) is 2.45. The lowest BCUT2D eigenvalue weighted by Gasteiger charge is -1.93. The standard InChI is InChI=1S/C7H10N4S/c1-4(2)6-10-11-3-5(8)9-7(11)12-6/h3-4H,8H2,1-2H3. The van der Waals surface area contributed by atoms with Crippen LogP contribution in [0.25, 0.3) is 4.96 Å². The number of nitrogens with two attached hydrogens (primary N) is 1. The van der Waals surface area contributed by atoms with Gasteiger partial charge in [0.1, 0.15) is 10.8 Å². The highest BCUT2D eigenvalue weighted by atomic mass is 32.1.